The molecule has 0 saturated carbocycles. The molecule has 1 unspecified atom stereocenters. The van der Waals surface area contributed by atoms with Crippen molar-refractivity contribution in [2.24, 2.45) is 17.8 Å². The van der Waals surface area contributed by atoms with E-state index in [1.165, 1.54) is 37.8 Å². The van der Waals surface area contributed by atoms with Crippen LogP contribution in [0.3, 0.4) is 0 Å². The number of hydrogen-bond acceptors (Lipinski definition) is 1. The lowest BCUT2D eigenvalue weighted by molar-refractivity contribution is -0.0989. The van der Waals surface area contributed by atoms with Crippen molar-refractivity contribution in [3.63, 3.8) is 0 Å². The van der Waals surface area contributed by atoms with E-state index in [9.17, 15) is 13.9 Å². The Labute approximate surface area is 159 Å². The smallest absolute Gasteiger partial charge is 0.126 e. The van der Waals surface area contributed by atoms with Gasteiger partial charge in [-0.2, -0.15) is 0 Å². The van der Waals surface area contributed by atoms with E-state index in [1.807, 2.05) is 27.7 Å². The number of unbranched alkanes of at least 4 members (excludes halogenated alkanes) is 5. The Balaban J connectivity index is 2.90. The van der Waals surface area contributed by atoms with Crippen LogP contribution in [0.1, 0.15) is 85.1 Å². The van der Waals surface area contributed by atoms with Crippen LogP contribution in [0.2, 0.25) is 0 Å². The summed E-state index contributed by atoms with van der Waals surface area (Å²) < 4.78 is 27.2. The molecule has 150 valence electrons. The lowest BCUT2D eigenvalue weighted by atomic mass is 9.67. The minimum atomic E-state index is -0.841. The topological polar surface area (TPSA) is 20.2 Å². The van der Waals surface area contributed by atoms with E-state index in [0.717, 1.165) is 25.3 Å². The molecule has 0 saturated heterocycles. The molecule has 0 radical (unpaired) electrons. The highest BCUT2D eigenvalue weighted by atomic mass is 19.1. The van der Waals surface area contributed by atoms with Gasteiger partial charge in [-0.25, -0.2) is 8.78 Å². The van der Waals surface area contributed by atoms with Gasteiger partial charge in [0.05, 0.1) is 5.60 Å². The maximum Gasteiger partial charge on any atom is 0.126 e. The zero-order valence-corrected chi connectivity index (χ0v) is 17.3. The van der Waals surface area contributed by atoms with Gasteiger partial charge >= 0.3 is 0 Å². The molecule has 26 heavy (non-hydrogen) atoms. The molecule has 0 aliphatic carbocycles. The van der Waals surface area contributed by atoms with E-state index in [-0.39, 0.29) is 17.8 Å². The maximum absolute atomic E-state index is 13.6. The summed E-state index contributed by atoms with van der Waals surface area (Å²) in [5.41, 5.74) is -0.204. The Morgan fingerprint density at radius 1 is 0.846 bits per heavy atom. The quantitative estimate of drug-likeness (QED) is 0.397. The third-order valence-corrected chi connectivity index (χ3v) is 5.81. The zero-order chi connectivity index (χ0) is 19.7. The highest BCUT2D eigenvalue weighted by Gasteiger charge is 2.41. The Hall–Kier alpha value is -0.960. The van der Waals surface area contributed by atoms with Gasteiger partial charge in [0.25, 0.3) is 0 Å². The summed E-state index contributed by atoms with van der Waals surface area (Å²) in [5, 5.41) is 11.5. The van der Waals surface area contributed by atoms with Gasteiger partial charge in [0, 0.05) is 6.07 Å². The zero-order valence-electron chi connectivity index (χ0n) is 17.3. The van der Waals surface area contributed by atoms with Crippen molar-refractivity contribution >= 4 is 0 Å². The molecule has 1 atom stereocenters. The van der Waals surface area contributed by atoms with Crippen LogP contribution < -0.4 is 0 Å². The normalized spacial score (nSPS) is 13.6. The number of halogens is 2. The van der Waals surface area contributed by atoms with Crippen LogP contribution in [0.4, 0.5) is 8.78 Å². The van der Waals surface area contributed by atoms with Crippen molar-refractivity contribution in [2.75, 3.05) is 0 Å². The van der Waals surface area contributed by atoms with Crippen molar-refractivity contribution in [3.8, 4) is 0 Å². The third-order valence-electron chi connectivity index (χ3n) is 5.81. The van der Waals surface area contributed by atoms with E-state index in [1.54, 1.807) is 0 Å². The molecule has 0 fully saturated rings. The van der Waals surface area contributed by atoms with Crippen LogP contribution in [-0.2, 0) is 6.42 Å². The second-order valence-electron chi connectivity index (χ2n) is 8.43. The SMILES string of the molecule is CCCCCCCCC(Cc1cc(F)cc(F)c1)C(O)(C(C)C)C(C)C. The van der Waals surface area contributed by atoms with Crippen LogP contribution in [0.25, 0.3) is 0 Å². The number of rotatable bonds is 12. The van der Waals surface area contributed by atoms with Crippen molar-refractivity contribution in [1.29, 1.82) is 0 Å². The second kappa shape index (κ2) is 11.0. The van der Waals surface area contributed by atoms with E-state index in [4.69, 9.17) is 0 Å². The van der Waals surface area contributed by atoms with E-state index in [0.29, 0.717) is 12.0 Å². The molecule has 0 spiro atoms. The molecule has 1 nitrogen and oxygen atoms in total. The average Bonchev–Trinajstić information content (AvgIpc) is 2.54. The molecule has 0 aliphatic rings. The van der Waals surface area contributed by atoms with Gasteiger partial charge in [0.15, 0.2) is 0 Å². The van der Waals surface area contributed by atoms with Crippen molar-refractivity contribution in [1.82, 2.24) is 0 Å². The maximum atomic E-state index is 13.6. The molecule has 0 aliphatic heterocycles. The van der Waals surface area contributed by atoms with Crippen LogP contribution >= 0.6 is 0 Å². The monoisotopic (exact) mass is 368 g/mol. The summed E-state index contributed by atoms with van der Waals surface area (Å²) in [6, 6.07) is 3.71. The summed E-state index contributed by atoms with van der Waals surface area (Å²) in [6.07, 6.45) is 8.58. The van der Waals surface area contributed by atoms with Crippen molar-refractivity contribution in [3.05, 3.63) is 35.4 Å². The number of hydrogen-bond donors (Lipinski definition) is 1. The molecule has 0 amide bonds. The fourth-order valence-corrected chi connectivity index (χ4v) is 4.29. The lowest BCUT2D eigenvalue weighted by Crippen LogP contribution is -2.48. The van der Waals surface area contributed by atoms with Crippen molar-refractivity contribution < 1.29 is 13.9 Å². The molecule has 3 heteroatoms. The van der Waals surface area contributed by atoms with Crippen LogP contribution in [0.5, 0.6) is 0 Å². The largest absolute Gasteiger partial charge is 0.389 e. The van der Waals surface area contributed by atoms with Gasteiger partial charge in [-0.3, -0.25) is 0 Å². The van der Waals surface area contributed by atoms with E-state index >= 15 is 0 Å². The molecular weight excluding hydrogens is 330 g/mol. The molecular formula is C23H38F2O. The molecule has 0 bridgehead atoms. The molecule has 1 rings (SSSR count). The first-order valence-electron chi connectivity index (χ1n) is 10.4. The lowest BCUT2D eigenvalue weighted by Gasteiger charge is -2.43. The average molecular weight is 369 g/mol. The van der Waals surface area contributed by atoms with Crippen LogP contribution in [0, 0.1) is 29.4 Å². The first-order valence-corrected chi connectivity index (χ1v) is 10.4. The highest BCUT2D eigenvalue weighted by molar-refractivity contribution is 5.19. The van der Waals surface area contributed by atoms with Gasteiger partial charge in [-0.1, -0.05) is 73.1 Å². The Bertz CT molecular complexity index is 497. The molecule has 1 aromatic rings. The Kier molecular flexibility index (Phi) is 9.78. The number of aliphatic hydroxyl groups is 1. The fraction of sp³-hybridized carbons (Fsp3) is 0.739. The summed E-state index contributed by atoms with van der Waals surface area (Å²) in [6.45, 7) is 10.4. The molecule has 1 aromatic carbocycles. The third kappa shape index (κ3) is 6.64. The first-order chi connectivity index (χ1) is 12.2. The van der Waals surface area contributed by atoms with Crippen LogP contribution in [-0.4, -0.2) is 10.7 Å². The number of benzene rings is 1. The summed E-state index contributed by atoms with van der Waals surface area (Å²) in [4.78, 5) is 0. The Morgan fingerprint density at radius 3 is 1.85 bits per heavy atom. The highest BCUT2D eigenvalue weighted by Crippen LogP contribution is 2.39. The molecule has 0 heterocycles. The fourth-order valence-electron chi connectivity index (χ4n) is 4.29. The molecule has 1 N–H and O–H groups in total. The predicted molar refractivity (Wildman–Crippen MR) is 106 cm³/mol. The predicted octanol–water partition coefficient (Wildman–Crippen LogP) is 6.92. The first kappa shape index (κ1) is 23.1. The van der Waals surface area contributed by atoms with E-state index < -0.39 is 17.2 Å². The van der Waals surface area contributed by atoms with Gasteiger partial charge in [0.1, 0.15) is 11.6 Å². The van der Waals surface area contributed by atoms with Crippen LogP contribution in [0.15, 0.2) is 18.2 Å². The molecule has 0 aromatic heterocycles. The van der Waals surface area contributed by atoms with Gasteiger partial charge in [-0.05, 0) is 48.3 Å². The second-order valence-corrected chi connectivity index (χ2v) is 8.43. The van der Waals surface area contributed by atoms with Crippen molar-refractivity contribution in [2.45, 2.75) is 91.6 Å². The van der Waals surface area contributed by atoms with E-state index in [2.05, 4.69) is 6.92 Å². The minimum Gasteiger partial charge on any atom is -0.389 e. The van der Waals surface area contributed by atoms with Gasteiger partial charge in [-0.15, -0.1) is 0 Å². The summed E-state index contributed by atoms with van der Waals surface area (Å²) >= 11 is 0. The standard InChI is InChI=1S/C23H38F2O/c1-6-7-8-9-10-11-12-20(23(26,17(2)3)18(4)5)13-19-14-21(24)16-22(25)15-19/h14-18,20,26H,6-13H2,1-5H3. The van der Waals surface area contributed by atoms with Gasteiger partial charge in [0.2, 0.25) is 0 Å². The summed E-state index contributed by atoms with van der Waals surface area (Å²) in [7, 11) is 0. The minimum absolute atomic E-state index is 0.00475. The Morgan fingerprint density at radius 2 is 1.35 bits per heavy atom. The van der Waals surface area contributed by atoms with Gasteiger partial charge < -0.3 is 5.11 Å². The summed E-state index contributed by atoms with van der Waals surface area (Å²) in [5.74, 6) is -0.918.